The summed E-state index contributed by atoms with van der Waals surface area (Å²) in [6.45, 7) is 13.6. The van der Waals surface area contributed by atoms with Gasteiger partial charge in [0.25, 0.3) is 5.56 Å². The zero-order valence-corrected chi connectivity index (χ0v) is 24.8. The van der Waals surface area contributed by atoms with E-state index in [1.54, 1.807) is 62.3 Å². The molecule has 4 N–H and O–H groups in total. The molecule has 1 aromatic heterocycles. The molecule has 5 atom stereocenters. The molecule has 1 aromatic rings. The predicted octanol–water partition coefficient (Wildman–Crippen LogP) is 1.80. The van der Waals surface area contributed by atoms with Crippen molar-refractivity contribution >= 4 is 30.0 Å². The maximum absolute atomic E-state index is 13.5. The predicted molar refractivity (Wildman–Crippen MR) is 143 cm³/mol. The van der Waals surface area contributed by atoms with Gasteiger partial charge < -0.3 is 34.3 Å². The Morgan fingerprint density at radius 1 is 0.951 bits per heavy atom. The van der Waals surface area contributed by atoms with E-state index in [1.807, 2.05) is 0 Å². The number of hydrogen-bond donors (Lipinski definition) is 4. The first-order valence-electron chi connectivity index (χ1n) is 13.2. The lowest BCUT2D eigenvalue weighted by Crippen LogP contribution is -2.64. The van der Waals surface area contributed by atoms with E-state index in [0.717, 1.165) is 4.90 Å². The van der Waals surface area contributed by atoms with Crippen molar-refractivity contribution in [2.45, 2.75) is 110 Å². The van der Waals surface area contributed by atoms with Crippen LogP contribution in [0.2, 0.25) is 0 Å². The van der Waals surface area contributed by atoms with Gasteiger partial charge in [-0.2, -0.15) is 4.98 Å². The van der Waals surface area contributed by atoms with Crippen LogP contribution in [-0.2, 0) is 25.4 Å². The third-order valence-electron chi connectivity index (χ3n) is 5.89. The van der Waals surface area contributed by atoms with Crippen molar-refractivity contribution in [3.63, 3.8) is 0 Å². The Kier molecular flexibility index (Phi) is 8.80. The van der Waals surface area contributed by atoms with Gasteiger partial charge in [0, 0.05) is 5.92 Å². The van der Waals surface area contributed by atoms with Gasteiger partial charge in [0.05, 0.1) is 18.3 Å². The highest BCUT2D eigenvalue weighted by atomic mass is 16.6. The number of amides is 3. The van der Waals surface area contributed by atoms with Crippen molar-refractivity contribution in [1.29, 1.82) is 0 Å². The Labute approximate surface area is 237 Å². The van der Waals surface area contributed by atoms with Crippen molar-refractivity contribution in [3.05, 3.63) is 15.9 Å². The Hall–Kier alpha value is -3.27. The Morgan fingerprint density at radius 3 is 1.93 bits per heavy atom. The number of ether oxygens (including phenoxy) is 4. The third-order valence-corrected chi connectivity index (χ3v) is 5.89. The first kappa shape index (κ1) is 32.2. The second kappa shape index (κ2) is 11.2. The molecule has 5 unspecified atom stereocenters. The molecule has 0 radical (unpaired) electrons. The number of aromatic amines is 1. The summed E-state index contributed by atoms with van der Waals surface area (Å²) in [4.78, 5) is 61.2. The minimum atomic E-state index is -1.51. The number of fused-ring (bicyclic) bond motifs is 2. The van der Waals surface area contributed by atoms with Gasteiger partial charge in [-0.05, 0) is 68.7 Å². The van der Waals surface area contributed by atoms with E-state index >= 15 is 0 Å². The lowest BCUT2D eigenvalue weighted by atomic mass is 9.82. The molecule has 41 heavy (non-hydrogen) atoms. The number of aliphatic hydroxyl groups excluding tert-OH is 3. The van der Waals surface area contributed by atoms with Gasteiger partial charge in [-0.1, -0.05) is 0 Å². The van der Waals surface area contributed by atoms with Crippen LogP contribution in [0.15, 0.2) is 4.79 Å². The normalized spacial score (nSPS) is 24.6. The van der Waals surface area contributed by atoms with Crippen molar-refractivity contribution in [3.8, 4) is 0 Å². The number of anilines is 2. The molecular formula is C26H40N4O11. The van der Waals surface area contributed by atoms with Crippen LogP contribution in [0.3, 0.4) is 0 Å². The lowest BCUT2D eigenvalue weighted by Gasteiger charge is -2.48. The fourth-order valence-electron chi connectivity index (χ4n) is 4.31. The van der Waals surface area contributed by atoms with Gasteiger partial charge in [-0.25, -0.2) is 19.3 Å². The number of nitrogens with one attached hydrogen (secondary N) is 1. The number of carbonyl (C=O) groups is 3. The van der Waals surface area contributed by atoms with Crippen LogP contribution >= 0.6 is 0 Å². The van der Waals surface area contributed by atoms with E-state index in [-0.39, 0.29) is 17.8 Å². The van der Waals surface area contributed by atoms with Crippen LogP contribution in [0.4, 0.5) is 26.1 Å². The molecule has 2 aliphatic rings. The number of rotatable bonds is 2. The second-order valence-electron chi connectivity index (χ2n) is 12.9. The van der Waals surface area contributed by atoms with E-state index in [0.29, 0.717) is 4.90 Å². The quantitative estimate of drug-likeness (QED) is 0.368. The van der Waals surface area contributed by atoms with Gasteiger partial charge in [-0.15, -0.1) is 4.90 Å². The summed E-state index contributed by atoms with van der Waals surface area (Å²) in [5.74, 6) is -1.95. The molecule has 3 amide bonds. The number of hydrogen-bond acceptors (Lipinski definition) is 12. The first-order valence-corrected chi connectivity index (χ1v) is 13.2. The molecule has 2 aliphatic heterocycles. The number of H-pyrrole nitrogens is 1. The van der Waals surface area contributed by atoms with Crippen molar-refractivity contribution < 1.29 is 48.7 Å². The smallest absolute Gasteiger partial charge is 0.427 e. The topological polar surface area (TPSA) is 201 Å². The monoisotopic (exact) mass is 584 g/mol. The molecule has 0 aliphatic carbocycles. The van der Waals surface area contributed by atoms with E-state index in [9.17, 15) is 34.5 Å². The van der Waals surface area contributed by atoms with Gasteiger partial charge in [0.2, 0.25) is 5.95 Å². The highest BCUT2D eigenvalue weighted by Crippen LogP contribution is 2.39. The second-order valence-corrected chi connectivity index (χ2v) is 12.9. The maximum Gasteiger partial charge on any atom is 0.427 e. The van der Waals surface area contributed by atoms with Crippen molar-refractivity contribution in [1.82, 2.24) is 9.97 Å². The average molecular weight is 585 g/mol. The number of aromatic nitrogens is 2. The zero-order chi connectivity index (χ0) is 31.2. The molecule has 0 bridgehead atoms. The summed E-state index contributed by atoms with van der Waals surface area (Å²) in [5.41, 5.74) is -4.07. The Bertz CT molecular complexity index is 1200. The van der Waals surface area contributed by atoms with Gasteiger partial charge in [-0.3, -0.25) is 9.78 Å². The highest BCUT2D eigenvalue weighted by Gasteiger charge is 2.53. The number of imide groups is 1. The first-order chi connectivity index (χ1) is 18.6. The number of aliphatic hydroxyl groups is 3. The highest BCUT2D eigenvalue weighted by molar-refractivity contribution is 6.08. The largest absolute Gasteiger partial charge is 0.443 e. The summed E-state index contributed by atoms with van der Waals surface area (Å²) in [6.07, 6.45) is -9.28. The van der Waals surface area contributed by atoms with E-state index in [2.05, 4.69) is 9.97 Å². The fourth-order valence-corrected chi connectivity index (χ4v) is 4.31. The van der Waals surface area contributed by atoms with Gasteiger partial charge in [0.15, 0.2) is 5.82 Å². The minimum Gasteiger partial charge on any atom is -0.443 e. The van der Waals surface area contributed by atoms with E-state index < -0.39 is 83.7 Å². The molecule has 3 rings (SSSR count). The zero-order valence-electron chi connectivity index (χ0n) is 24.8. The van der Waals surface area contributed by atoms with Crippen LogP contribution in [-0.4, -0.2) is 91.5 Å². The molecule has 15 nitrogen and oxygen atoms in total. The summed E-state index contributed by atoms with van der Waals surface area (Å²) in [7, 11) is 0. The number of nitrogens with zero attached hydrogens (tertiary/aromatic N) is 3. The molecule has 1 saturated heterocycles. The standard InChI is InChI=1S/C26H40N4O11/c1-24(2,3)39-21(35)29-17-13(10-12-15(32)16(33)14(11-31)38-19(12)29)18(34)28-20(27-17)30(22(36)40-25(4,5)6)23(37)41-26(7,8)9/h12,14-16,19,31-33H,10-11H2,1-9H3,(H,27,28,34). The average Bonchev–Trinajstić information content (AvgIpc) is 2.76. The molecule has 3 heterocycles. The van der Waals surface area contributed by atoms with Crippen molar-refractivity contribution in [2.75, 3.05) is 16.4 Å². The Balaban J connectivity index is 2.23. The van der Waals surface area contributed by atoms with Gasteiger partial charge >= 0.3 is 18.3 Å². The molecule has 0 aromatic carbocycles. The number of carbonyl (C=O) groups excluding carboxylic acids is 3. The third kappa shape index (κ3) is 7.33. The fraction of sp³-hybridized carbons (Fsp3) is 0.731. The summed E-state index contributed by atoms with van der Waals surface area (Å²) >= 11 is 0. The molecule has 0 saturated carbocycles. The van der Waals surface area contributed by atoms with Crippen LogP contribution < -0.4 is 15.4 Å². The summed E-state index contributed by atoms with van der Waals surface area (Å²) in [6, 6.07) is 0. The lowest BCUT2D eigenvalue weighted by molar-refractivity contribution is -0.209. The summed E-state index contributed by atoms with van der Waals surface area (Å²) < 4.78 is 22.1. The molecule has 1 fully saturated rings. The maximum atomic E-state index is 13.5. The molecule has 230 valence electrons. The van der Waals surface area contributed by atoms with E-state index in [4.69, 9.17) is 18.9 Å². The molecule has 0 spiro atoms. The van der Waals surface area contributed by atoms with Crippen LogP contribution in [0.1, 0.15) is 67.9 Å². The van der Waals surface area contributed by atoms with Crippen LogP contribution in [0.25, 0.3) is 0 Å². The molecule has 15 heteroatoms. The Morgan fingerprint density at radius 2 is 1.46 bits per heavy atom. The van der Waals surface area contributed by atoms with E-state index in [1.165, 1.54) is 0 Å². The van der Waals surface area contributed by atoms with Gasteiger partial charge in [0.1, 0.15) is 35.2 Å². The summed E-state index contributed by atoms with van der Waals surface area (Å²) in [5, 5.41) is 31.0. The van der Waals surface area contributed by atoms with Crippen LogP contribution in [0, 0.1) is 5.92 Å². The molecular weight excluding hydrogens is 544 g/mol. The minimum absolute atomic E-state index is 0.105. The van der Waals surface area contributed by atoms with Crippen molar-refractivity contribution in [2.24, 2.45) is 5.92 Å². The van der Waals surface area contributed by atoms with Crippen LogP contribution in [0.5, 0.6) is 0 Å². The SMILES string of the molecule is CC(C)(C)OC(=O)N(C(=O)OC(C)(C)C)c1nc2c(c(=O)[nH]1)CC1C(O)C(O)C(CO)OC1N2C(=O)OC(C)(C)C.